The van der Waals surface area contributed by atoms with Gasteiger partial charge in [0.05, 0.1) is 11.4 Å². The molecule has 0 radical (unpaired) electrons. The highest BCUT2D eigenvalue weighted by molar-refractivity contribution is 5.92. The zero-order valence-electron chi connectivity index (χ0n) is 17.5. The Morgan fingerprint density at radius 3 is 2.45 bits per heavy atom. The van der Waals surface area contributed by atoms with Gasteiger partial charge >= 0.3 is 0 Å². The fourth-order valence-corrected chi connectivity index (χ4v) is 3.20. The smallest absolute Gasteiger partial charge is 0.246 e. The molecule has 3 rings (SSSR count). The molecule has 0 aliphatic heterocycles. The average molecular weight is 388 g/mol. The Hall–Kier alpha value is -3.14. The van der Waals surface area contributed by atoms with Crippen LogP contribution in [-0.2, 0) is 4.79 Å². The van der Waals surface area contributed by atoms with E-state index >= 15 is 0 Å². The van der Waals surface area contributed by atoms with Crippen LogP contribution in [0.2, 0.25) is 0 Å². The van der Waals surface area contributed by atoms with Gasteiger partial charge in [-0.05, 0) is 38.5 Å². The molecule has 4 heteroatoms. The number of benzene rings is 2. The first-order valence-electron chi connectivity index (χ1n) is 10.3. The van der Waals surface area contributed by atoms with Gasteiger partial charge in [0.15, 0.2) is 0 Å². The lowest BCUT2D eigenvalue weighted by molar-refractivity contribution is -0.125. The maximum Gasteiger partial charge on any atom is 0.246 e. The molecule has 0 spiro atoms. The maximum absolute atomic E-state index is 12.6. The zero-order valence-corrected chi connectivity index (χ0v) is 17.5. The third-order valence-electron chi connectivity index (χ3n) is 4.97. The lowest BCUT2D eigenvalue weighted by Crippen LogP contribution is -2.30. The van der Waals surface area contributed by atoms with Gasteiger partial charge in [-0.15, -0.1) is 0 Å². The van der Waals surface area contributed by atoms with E-state index in [1.54, 1.807) is 6.08 Å². The van der Waals surface area contributed by atoms with Gasteiger partial charge in [0.2, 0.25) is 5.91 Å². The number of carbonyl (C=O) groups excluding carboxylic acids is 1. The first kappa shape index (κ1) is 20.6. The Morgan fingerprint density at radius 1 is 1.07 bits per heavy atom. The van der Waals surface area contributed by atoms with Crippen molar-refractivity contribution in [1.29, 1.82) is 0 Å². The summed E-state index contributed by atoms with van der Waals surface area (Å²) in [5.41, 5.74) is 5.03. The molecule has 0 aliphatic carbocycles. The van der Waals surface area contributed by atoms with E-state index in [1.807, 2.05) is 59.1 Å². The highest BCUT2D eigenvalue weighted by atomic mass is 16.2. The summed E-state index contributed by atoms with van der Waals surface area (Å²) in [6.07, 6.45) is 7.64. The Balaban J connectivity index is 1.94. The highest BCUT2D eigenvalue weighted by Gasteiger charge is 2.12. The predicted molar refractivity (Wildman–Crippen MR) is 120 cm³/mol. The van der Waals surface area contributed by atoms with Crippen molar-refractivity contribution in [3.8, 4) is 16.9 Å². The fourth-order valence-electron chi connectivity index (χ4n) is 3.20. The van der Waals surface area contributed by atoms with Crippen LogP contribution in [0, 0.1) is 6.92 Å². The molecular weight excluding hydrogens is 358 g/mol. The number of likely N-dealkylation sites (N-methyl/N-ethyl adjacent to an activating group) is 1. The number of para-hydroxylation sites is 1. The number of rotatable bonds is 8. The Bertz CT molecular complexity index is 955. The van der Waals surface area contributed by atoms with Crippen molar-refractivity contribution >= 4 is 12.0 Å². The monoisotopic (exact) mass is 387 g/mol. The number of unbranched alkanes of at least 4 members (excludes halogenated alkanes) is 1. The molecule has 0 saturated carbocycles. The molecule has 0 fully saturated rings. The number of aryl methyl sites for hydroxylation is 1. The van der Waals surface area contributed by atoms with Crippen LogP contribution in [0.3, 0.4) is 0 Å². The molecule has 0 atom stereocenters. The van der Waals surface area contributed by atoms with Gasteiger partial charge < -0.3 is 4.90 Å². The van der Waals surface area contributed by atoms with E-state index in [0.29, 0.717) is 0 Å². The third-order valence-corrected chi connectivity index (χ3v) is 4.97. The number of carbonyl (C=O) groups is 1. The number of amides is 1. The van der Waals surface area contributed by atoms with Gasteiger partial charge in [-0.2, -0.15) is 5.10 Å². The second-order valence-electron chi connectivity index (χ2n) is 7.18. The van der Waals surface area contributed by atoms with Gasteiger partial charge in [0, 0.05) is 36.5 Å². The van der Waals surface area contributed by atoms with Crippen LogP contribution in [0.15, 0.2) is 66.9 Å². The molecule has 29 heavy (non-hydrogen) atoms. The predicted octanol–water partition coefficient (Wildman–Crippen LogP) is 5.51. The summed E-state index contributed by atoms with van der Waals surface area (Å²) in [5.74, 6) is 0.0447. The molecule has 3 aromatic rings. The van der Waals surface area contributed by atoms with Crippen molar-refractivity contribution in [2.45, 2.75) is 33.6 Å². The quantitative estimate of drug-likeness (QED) is 0.478. The van der Waals surface area contributed by atoms with Crippen molar-refractivity contribution in [1.82, 2.24) is 14.7 Å². The van der Waals surface area contributed by atoms with E-state index in [-0.39, 0.29) is 5.91 Å². The van der Waals surface area contributed by atoms with Crippen LogP contribution in [0.1, 0.15) is 37.8 Å². The van der Waals surface area contributed by atoms with Crippen molar-refractivity contribution < 1.29 is 4.79 Å². The normalized spacial score (nSPS) is 11.1. The second-order valence-corrected chi connectivity index (χ2v) is 7.18. The molecule has 1 amide bonds. The highest BCUT2D eigenvalue weighted by Crippen LogP contribution is 2.25. The molecule has 150 valence electrons. The number of aromatic nitrogens is 2. The van der Waals surface area contributed by atoms with Gasteiger partial charge in [-0.3, -0.25) is 4.79 Å². The standard InChI is InChI=1S/C25H29N3O/c1-4-6-18-27(5-2)24(29)17-16-22-19-28(23-10-8-7-9-11-23)26-25(22)21-14-12-20(3)13-15-21/h7-17,19H,4-6,18H2,1-3H3/b17-16+. The fraction of sp³-hybridized carbons (Fsp3) is 0.280. The van der Waals surface area contributed by atoms with E-state index in [4.69, 9.17) is 5.10 Å². The average Bonchev–Trinajstić information content (AvgIpc) is 3.18. The Morgan fingerprint density at radius 2 is 1.79 bits per heavy atom. The molecule has 0 unspecified atom stereocenters. The van der Waals surface area contributed by atoms with E-state index in [0.717, 1.165) is 48.4 Å². The summed E-state index contributed by atoms with van der Waals surface area (Å²) in [4.78, 5) is 14.5. The van der Waals surface area contributed by atoms with Crippen LogP contribution in [0.25, 0.3) is 23.0 Å². The van der Waals surface area contributed by atoms with Crippen LogP contribution in [0.4, 0.5) is 0 Å². The number of hydrogen-bond acceptors (Lipinski definition) is 2. The maximum atomic E-state index is 12.6. The molecule has 0 N–H and O–H groups in total. The second kappa shape index (κ2) is 9.87. The Kier molecular flexibility index (Phi) is 7.01. The van der Waals surface area contributed by atoms with E-state index in [1.165, 1.54) is 5.56 Å². The summed E-state index contributed by atoms with van der Waals surface area (Å²) in [7, 11) is 0. The van der Waals surface area contributed by atoms with Gasteiger partial charge in [0.25, 0.3) is 0 Å². The van der Waals surface area contributed by atoms with E-state index in [2.05, 4.69) is 38.1 Å². The summed E-state index contributed by atoms with van der Waals surface area (Å²) >= 11 is 0. The van der Waals surface area contributed by atoms with Crippen molar-refractivity contribution in [3.63, 3.8) is 0 Å². The molecule has 2 aromatic carbocycles. The SMILES string of the molecule is CCCCN(CC)C(=O)/C=C/c1cn(-c2ccccc2)nc1-c1ccc(C)cc1. The molecule has 4 nitrogen and oxygen atoms in total. The number of nitrogens with zero attached hydrogens (tertiary/aromatic N) is 3. The Labute approximate surface area is 173 Å². The summed E-state index contributed by atoms with van der Waals surface area (Å²) < 4.78 is 1.87. The van der Waals surface area contributed by atoms with Crippen LogP contribution in [-0.4, -0.2) is 33.7 Å². The minimum Gasteiger partial charge on any atom is -0.339 e. The molecule has 0 saturated heterocycles. The lowest BCUT2D eigenvalue weighted by atomic mass is 10.1. The van der Waals surface area contributed by atoms with Crippen molar-refractivity contribution in [3.05, 3.63) is 78.0 Å². The minimum atomic E-state index is 0.0447. The molecule has 1 heterocycles. The van der Waals surface area contributed by atoms with Gasteiger partial charge in [0.1, 0.15) is 0 Å². The van der Waals surface area contributed by atoms with E-state index in [9.17, 15) is 4.79 Å². The zero-order chi connectivity index (χ0) is 20.6. The van der Waals surface area contributed by atoms with Crippen LogP contribution < -0.4 is 0 Å². The van der Waals surface area contributed by atoms with Crippen molar-refractivity contribution in [2.24, 2.45) is 0 Å². The van der Waals surface area contributed by atoms with Gasteiger partial charge in [-0.25, -0.2) is 4.68 Å². The third kappa shape index (κ3) is 5.23. The summed E-state index contributed by atoms with van der Waals surface area (Å²) in [6.45, 7) is 7.75. The van der Waals surface area contributed by atoms with Crippen LogP contribution >= 0.6 is 0 Å². The lowest BCUT2D eigenvalue weighted by Gasteiger charge is -2.18. The minimum absolute atomic E-state index is 0.0447. The summed E-state index contributed by atoms with van der Waals surface area (Å²) in [5, 5.41) is 4.81. The first-order chi connectivity index (χ1) is 14.1. The van der Waals surface area contributed by atoms with Crippen LogP contribution in [0.5, 0.6) is 0 Å². The topological polar surface area (TPSA) is 38.1 Å². The number of hydrogen-bond donors (Lipinski definition) is 0. The molecule has 1 aromatic heterocycles. The summed E-state index contributed by atoms with van der Waals surface area (Å²) in [6, 6.07) is 18.3. The molecule has 0 aliphatic rings. The van der Waals surface area contributed by atoms with E-state index < -0.39 is 0 Å². The first-order valence-corrected chi connectivity index (χ1v) is 10.3. The molecule has 0 bridgehead atoms. The molecular formula is C25H29N3O. The van der Waals surface area contributed by atoms with Crippen molar-refractivity contribution in [2.75, 3.05) is 13.1 Å². The van der Waals surface area contributed by atoms with Gasteiger partial charge in [-0.1, -0.05) is 61.4 Å². The largest absolute Gasteiger partial charge is 0.339 e.